The zero-order chi connectivity index (χ0) is 14.9. The van der Waals surface area contributed by atoms with Gasteiger partial charge < -0.3 is 14.8 Å². The maximum Gasteiger partial charge on any atom is 0.256 e. The number of benzene rings is 2. The summed E-state index contributed by atoms with van der Waals surface area (Å²) in [5.41, 5.74) is 3.24. The third-order valence-electron chi connectivity index (χ3n) is 3.73. The van der Waals surface area contributed by atoms with Gasteiger partial charge in [-0.1, -0.05) is 36.4 Å². The number of hydrogen-bond acceptors (Lipinski definition) is 3. The first-order chi connectivity index (χ1) is 10.8. The normalized spacial score (nSPS) is 20.6. The van der Waals surface area contributed by atoms with Crippen LogP contribution in [0.25, 0.3) is 11.6 Å². The molecule has 0 bridgehead atoms. The number of carbonyl (C=O) groups is 1. The van der Waals surface area contributed by atoms with Crippen LogP contribution in [0.15, 0.2) is 48.5 Å². The van der Waals surface area contributed by atoms with E-state index in [1.807, 2.05) is 54.6 Å². The molecule has 110 valence electrons. The van der Waals surface area contributed by atoms with E-state index in [0.29, 0.717) is 17.9 Å². The summed E-state index contributed by atoms with van der Waals surface area (Å²) >= 11 is 0. The molecule has 1 N–H and O–H groups in total. The molecule has 1 amide bonds. The van der Waals surface area contributed by atoms with Gasteiger partial charge in [-0.15, -0.1) is 0 Å². The van der Waals surface area contributed by atoms with Crippen molar-refractivity contribution in [3.63, 3.8) is 0 Å². The Kier molecular flexibility index (Phi) is 3.16. The Balaban J connectivity index is 1.73. The third-order valence-corrected chi connectivity index (χ3v) is 3.73. The highest BCUT2D eigenvalue weighted by molar-refractivity contribution is 6.35. The van der Waals surface area contributed by atoms with Crippen LogP contribution in [0, 0.1) is 0 Å². The molecule has 1 unspecified atom stereocenters. The molecule has 2 heterocycles. The monoisotopic (exact) mass is 293 g/mol. The van der Waals surface area contributed by atoms with E-state index in [4.69, 9.17) is 9.47 Å². The van der Waals surface area contributed by atoms with E-state index < -0.39 is 0 Å². The minimum atomic E-state index is -0.0995. The van der Waals surface area contributed by atoms with Crippen LogP contribution in [0.3, 0.4) is 0 Å². The lowest BCUT2D eigenvalue weighted by molar-refractivity contribution is -0.110. The van der Waals surface area contributed by atoms with Crippen molar-refractivity contribution in [2.45, 2.75) is 6.10 Å². The Labute approximate surface area is 128 Å². The summed E-state index contributed by atoms with van der Waals surface area (Å²) in [5.74, 6) is 0.617. The molecule has 2 aliphatic rings. The highest BCUT2D eigenvalue weighted by Crippen LogP contribution is 2.40. The Morgan fingerprint density at radius 1 is 1.18 bits per heavy atom. The van der Waals surface area contributed by atoms with Crippen molar-refractivity contribution in [2.24, 2.45) is 0 Å². The Bertz CT molecular complexity index is 748. The van der Waals surface area contributed by atoms with Crippen LogP contribution in [0.4, 0.5) is 5.69 Å². The molecule has 4 heteroatoms. The summed E-state index contributed by atoms with van der Waals surface area (Å²) in [6.45, 7) is 1.27. The average molecular weight is 293 g/mol. The molecular formula is C18H15NO3. The van der Waals surface area contributed by atoms with Gasteiger partial charge in [0.1, 0.15) is 18.5 Å². The molecule has 4 rings (SSSR count). The fourth-order valence-corrected chi connectivity index (χ4v) is 2.54. The fourth-order valence-electron chi connectivity index (χ4n) is 2.54. The van der Waals surface area contributed by atoms with Gasteiger partial charge in [0, 0.05) is 0 Å². The van der Waals surface area contributed by atoms with Crippen molar-refractivity contribution in [1.29, 1.82) is 0 Å². The largest absolute Gasteiger partial charge is 0.490 e. The predicted molar refractivity (Wildman–Crippen MR) is 84.6 cm³/mol. The van der Waals surface area contributed by atoms with Crippen LogP contribution in [0.2, 0.25) is 0 Å². The van der Waals surface area contributed by atoms with Gasteiger partial charge in [0.2, 0.25) is 0 Å². The summed E-state index contributed by atoms with van der Waals surface area (Å²) < 4.78 is 11.0. The van der Waals surface area contributed by atoms with E-state index in [0.717, 1.165) is 23.4 Å². The quantitative estimate of drug-likeness (QED) is 0.696. The molecule has 0 radical (unpaired) electrons. The van der Waals surface area contributed by atoms with Gasteiger partial charge in [0.25, 0.3) is 5.91 Å². The minimum absolute atomic E-state index is 0.0995. The van der Waals surface area contributed by atoms with Gasteiger partial charge in [0.15, 0.2) is 0 Å². The van der Waals surface area contributed by atoms with Crippen molar-refractivity contribution < 1.29 is 14.3 Å². The van der Waals surface area contributed by atoms with E-state index in [2.05, 4.69) is 5.32 Å². The molecule has 2 aromatic rings. The highest BCUT2D eigenvalue weighted by Gasteiger charge is 2.29. The maximum absolute atomic E-state index is 12.3. The number of ether oxygens (including phenoxy) is 2. The first-order valence-corrected chi connectivity index (χ1v) is 7.27. The first kappa shape index (κ1) is 13.1. The van der Waals surface area contributed by atoms with Crippen molar-refractivity contribution >= 4 is 23.2 Å². The molecule has 1 atom stereocenters. The van der Waals surface area contributed by atoms with Crippen LogP contribution >= 0.6 is 0 Å². The SMILES string of the molecule is O=C1Nc2cccc(OCC3CO3)c2/C1=C/c1ccccc1. The van der Waals surface area contributed by atoms with E-state index in [1.165, 1.54) is 0 Å². The van der Waals surface area contributed by atoms with Gasteiger partial charge in [-0.05, 0) is 23.8 Å². The number of hydrogen-bond donors (Lipinski definition) is 1. The van der Waals surface area contributed by atoms with Gasteiger partial charge in [-0.2, -0.15) is 0 Å². The third kappa shape index (κ3) is 2.49. The lowest BCUT2D eigenvalue weighted by atomic mass is 10.0. The van der Waals surface area contributed by atoms with Gasteiger partial charge in [0.05, 0.1) is 23.4 Å². The van der Waals surface area contributed by atoms with Gasteiger partial charge >= 0.3 is 0 Å². The molecule has 4 nitrogen and oxygen atoms in total. The molecule has 0 aromatic heterocycles. The Morgan fingerprint density at radius 3 is 2.77 bits per heavy atom. The number of fused-ring (bicyclic) bond motifs is 1. The van der Waals surface area contributed by atoms with Gasteiger partial charge in [-0.3, -0.25) is 4.79 Å². The molecule has 2 aliphatic heterocycles. The predicted octanol–water partition coefficient (Wildman–Crippen LogP) is 2.96. The zero-order valence-corrected chi connectivity index (χ0v) is 11.9. The molecule has 1 saturated heterocycles. The number of carbonyl (C=O) groups excluding carboxylic acids is 1. The smallest absolute Gasteiger partial charge is 0.256 e. The number of rotatable bonds is 4. The second kappa shape index (κ2) is 5.31. The van der Waals surface area contributed by atoms with Crippen LogP contribution in [0.1, 0.15) is 11.1 Å². The molecule has 22 heavy (non-hydrogen) atoms. The summed E-state index contributed by atoms with van der Waals surface area (Å²) in [5, 5.41) is 2.89. The summed E-state index contributed by atoms with van der Waals surface area (Å²) in [7, 11) is 0. The fraction of sp³-hybridized carbons (Fsp3) is 0.167. The number of anilines is 1. The van der Waals surface area contributed by atoms with E-state index in [9.17, 15) is 4.79 Å². The highest BCUT2D eigenvalue weighted by atomic mass is 16.6. The van der Waals surface area contributed by atoms with Crippen LogP contribution in [0.5, 0.6) is 5.75 Å². The molecule has 2 aromatic carbocycles. The van der Waals surface area contributed by atoms with Crippen LogP contribution < -0.4 is 10.1 Å². The molecule has 0 aliphatic carbocycles. The summed E-state index contributed by atoms with van der Waals surface area (Å²) in [6, 6.07) is 15.5. The second-order valence-corrected chi connectivity index (χ2v) is 5.37. The number of amides is 1. The van der Waals surface area contributed by atoms with Gasteiger partial charge in [-0.25, -0.2) is 0 Å². The molecule has 0 spiro atoms. The van der Waals surface area contributed by atoms with Crippen molar-refractivity contribution in [1.82, 2.24) is 0 Å². The van der Waals surface area contributed by atoms with Crippen molar-refractivity contribution in [3.8, 4) is 5.75 Å². The van der Waals surface area contributed by atoms with E-state index in [1.54, 1.807) is 0 Å². The zero-order valence-electron chi connectivity index (χ0n) is 11.9. The lowest BCUT2D eigenvalue weighted by Crippen LogP contribution is -2.05. The summed E-state index contributed by atoms with van der Waals surface area (Å²) in [6.07, 6.45) is 2.07. The Morgan fingerprint density at radius 2 is 2.00 bits per heavy atom. The minimum Gasteiger partial charge on any atom is -0.490 e. The molecular weight excluding hydrogens is 278 g/mol. The average Bonchev–Trinajstić information content (AvgIpc) is 3.31. The molecule has 0 saturated carbocycles. The first-order valence-electron chi connectivity index (χ1n) is 7.27. The van der Waals surface area contributed by atoms with E-state index in [-0.39, 0.29) is 12.0 Å². The van der Waals surface area contributed by atoms with Crippen molar-refractivity contribution in [2.75, 3.05) is 18.5 Å². The van der Waals surface area contributed by atoms with E-state index >= 15 is 0 Å². The number of nitrogens with one attached hydrogen (secondary N) is 1. The Hall–Kier alpha value is -2.59. The van der Waals surface area contributed by atoms with Crippen LogP contribution in [-0.2, 0) is 9.53 Å². The van der Waals surface area contributed by atoms with Crippen molar-refractivity contribution in [3.05, 3.63) is 59.7 Å². The maximum atomic E-state index is 12.3. The number of epoxide rings is 1. The summed E-state index contributed by atoms with van der Waals surface area (Å²) in [4.78, 5) is 12.3. The standard InChI is InChI=1S/C18H15NO3/c20-18-14(9-12-5-2-1-3-6-12)17-15(19-18)7-4-8-16(17)22-11-13-10-21-13/h1-9,13H,10-11H2,(H,19,20)/b14-9-. The topological polar surface area (TPSA) is 50.9 Å². The second-order valence-electron chi connectivity index (χ2n) is 5.37. The lowest BCUT2D eigenvalue weighted by Gasteiger charge is -2.09. The van der Waals surface area contributed by atoms with Crippen LogP contribution in [-0.4, -0.2) is 25.2 Å². The molecule has 1 fully saturated rings.